The average Bonchev–Trinajstić information content (AvgIpc) is 2.14. The minimum absolute atomic E-state index is 0.0521. The second-order valence-electron chi connectivity index (χ2n) is 4.47. The van der Waals surface area contributed by atoms with Crippen LogP contribution in [0.4, 0.5) is 0 Å². The van der Waals surface area contributed by atoms with Crippen LogP contribution in [-0.4, -0.2) is 28.6 Å². The maximum Gasteiger partial charge on any atom is 0.303 e. The smallest absolute Gasteiger partial charge is 0.303 e. The quantitative estimate of drug-likeness (QED) is 0.605. The number of hydrogen-bond acceptors (Lipinski definition) is 3. The van der Waals surface area contributed by atoms with Crippen LogP contribution < -0.4 is 11.1 Å². The van der Waals surface area contributed by atoms with Crippen LogP contribution in [-0.2, 0) is 9.59 Å². The Morgan fingerprint density at radius 1 is 1.50 bits per heavy atom. The molecule has 94 valence electrons. The van der Waals surface area contributed by atoms with Gasteiger partial charge in [-0.2, -0.15) is 0 Å². The van der Waals surface area contributed by atoms with Crippen molar-refractivity contribution >= 4 is 11.9 Å². The van der Waals surface area contributed by atoms with Crippen LogP contribution in [0.3, 0.4) is 0 Å². The van der Waals surface area contributed by atoms with E-state index in [-0.39, 0.29) is 18.4 Å². The highest BCUT2D eigenvalue weighted by molar-refractivity contribution is 5.85. The number of carboxylic acid groups (broad SMARTS) is 1. The minimum atomic E-state index is -0.869. The summed E-state index contributed by atoms with van der Waals surface area (Å²) in [7, 11) is 0. The maximum atomic E-state index is 11.7. The summed E-state index contributed by atoms with van der Waals surface area (Å²) in [5.74, 6) is -1.07. The van der Waals surface area contributed by atoms with E-state index in [1.807, 2.05) is 6.92 Å². The lowest BCUT2D eigenvalue weighted by atomic mass is 9.96. The fraction of sp³-hybridized carbons (Fsp3) is 0.818. The Bertz CT molecular complexity index is 252. The van der Waals surface area contributed by atoms with Gasteiger partial charge in [0.2, 0.25) is 5.91 Å². The molecule has 0 aliphatic heterocycles. The summed E-state index contributed by atoms with van der Waals surface area (Å²) in [4.78, 5) is 22.1. The molecule has 0 radical (unpaired) electrons. The summed E-state index contributed by atoms with van der Waals surface area (Å²) < 4.78 is 0. The van der Waals surface area contributed by atoms with Crippen LogP contribution in [0.15, 0.2) is 0 Å². The van der Waals surface area contributed by atoms with E-state index in [9.17, 15) is 9.59 Å². The Morgan fingerprint density at radius 3 is 2.50 bits per heavy atom. The topological polar surface area (TPSA) is 92.4 Å². The zero-order valence-corrected chi connectivity index (χ0v) is 10.2. The van der Waals surface area contributed by atoms with Crippen molar-refractivity contribution < 1.29 is 14.7 Å². The number of carbonyl (C=O) groups excluding carboxylic acids is 1. The van der Waals surface area contributed by atoms with Gasteiger partial charge in [-0.05, 0) is 26.7 Å². The molecule has 16 heavy (non-hydrogen) atoms. The fourth-order valence-electron chi connectivity index (χ4n) is 1.43. The van der Waals surface area contributed by atoms with Gasteiger partial charge in [-0.15, -0.1) is 0 Å². The summed E-state index contributed by atoms with van der Waals surface area (Å²) in [6.07, 6.45) is 1.92. The molecular weight excluding hydrogens is 208 g/mol. The number of amides is 1. The summed E-state index contributed by atoms with van der Waals surface area (Å²) in [6.45, 7) is 5.44. The van der Waals surface area contributed by atoms with Crippen molar-refractivity contribution in [3.63, 3.8) is 0 Å². The second-order valence-corrected chi connectivity index (χ2v) is 4.47. The monoisotopic (exact) mass is 230 g/mol. The third-order valence-corrected chi connectivity index (χ3v) is 2.46. The lowest BCUT2D eigenvalue weighted by molar-refractivity contribution is -0.137. The lowest BCUT2D eigenvalue weighted by Gasteiger charge is -2.25. The van der Waals surface area contributed by atoms with Crippen LogP contribution >= 0.6 is 0 Å². The third-order valence-electron chi connectivity index (χ3n) is 2.46. The number of nitrogens with one attached hydrogen (secondary N) is 1. The number of carboxylic acids is 1. The molecule has 0 saturated heterocycles. The van der Waals surface area contributed by atoms with E-state index in [2.05, 4.69) is 5.32 Å². The Labute approximate surface area is 96.4 Å². The number of rotatable bonds is 7. The molecule has 0 heterocycles. The van der Waals surface area contributed by atoms with Gasteiger partial charge in [0, 0.05) is 12.5 Å². The van der Waals surface area contributed by atoms with Gasteiger partial charge in [0.25, 0.3) is 0 Å². The van der Waals surface area contributed by atoms with E-state index in [0.29, 0.717) is 12.8 Å². The predicted octanol–water partition coefficient (Wildman–Crippen LogP) is 0.873. The Balaban J connectivity index is 4.07. The zero-order chi connectivity index (χ0) is 12.8. The number of aliphatic carboxylic acids is 1. The van der Waals surface area contributed by atoms with Crippen molar-refractivity contribution in [3.05, 3.63) is 0 Å². The van der Waals surface area contributed by atoms with Crippen molar-refractivity contribution in [2.45, 2.75) is 58.0 Å². The summed E-state index contributed by atoms with van der Waals surface area (Å²) >= 11 is 0. The molecule has 0 spiro atoms. The Hall–Kier alpha value is -1.10. The van der Waals surface area contributed by atoms with Crippen molar-refractivity contribution in [1.29, 1.82) is 0 Å². The molecule has 0 saturated carbocycles. The summed E-state index contributed by atoms with van der Waals surface area (Å²) in [6, 6.07) is -0.164. The van der Waals surface area contributed by atoms with Crippen molar-refractivity contribution in [2.24, 2.45) is 5.73 Å². The molecule has 4 N–H and O–H groups in total. The van der Waals surface area contributed by atoms with Crippen LogP contribution in [0, 0.1) is 0 Å². The van der Waals surface area contributed by atoms with Crippen molar-refractivity contribution in [1.82, 2.24) is 5.32 Å². The molecule has 0 bridgehead atoms. The highest BCUT2D eigenvalue weighted by Crippen LogP contribution is 2.09. The van der Waals surface area contributed by atoms with Crippen LogP contribution in [0.5, 0.6) is 0 Å². The molecule has 0 aliphatic carbocycles. The standard InChI is InChI=1S/C11H22N2O3/c1-4-7-11(3,12)10(16)13-8(2)5-6-9(14)15/h8H,4-7,12H2,1-3H3,(H,13,16)(H,14,15). The van der Waals surface area contributed by atoms with Gasteiger partial charge in [-0.25, -0.2) is 0 Å². The number of hydrogen-bond donors (Lipinski definition) is 3. The summed E-state index contributed by atoms with van der Waals surface area (Å²) in [5.41, 5.74) is 4.98. The Kier molecular flexibility index (Phi) is 6.03. The lowest BCUT2D eigenvalue weighted by Crippen LogP contribution is -2.53. The molecule has 5 nitrogen and oxygen atoms in total. The second kappa shape index (κ2) is 6.48. The highest BCUT2D eigenvalue weighted by atomic mass is 16.4. The molecule has 0 aromatic rings. The minimum Gasteiger partial charge on any atom is -0.481 e. The highest BCUT2D eigenvalue weighted by Gasteiger charge is 2.27. The predicted molar refractivity (Wildman–Crippen MR) is 62.0 cm³/mol. The molecule has 2 atom stereocenters. The van der Waals surface area contributed by atoms with Crippen LogP contribution in [0.2, 0.25) is 0 Å². The molecule has 2 unspecified atom stereocenters. The molecule has 1 amide bonds. The largest absolute Gasteiger partial charge is 0.481 e. The molecular formula is C11H22N2O3. The van der Waals surface area contributed by atoms with Crippen LogP contribution in [0.1, 0.15) is 46.5 Å². The van der Waals surface area contributed by atoms with Crippen LogP contribution in [0.25, 0.3) is 0 Å². The van der Waals surface area contributed by atoms with Gasteiger partial charge in [0.15, 0.2) is 0 Å². The van der Waals surface area contributed by atoms with E-state index in [0.717, 1.165) is 6.42 Å². The number of carbonyl (C=O) groups is 2. The van der Waals surface area contributed by atoms with Gasteiger partial charge in [0.1, 0.15) is 0 Å². The molecule has 5 heteroatoms. The SMILES string of the molecule is CCCC(C)(N)C(=O)NC(C)CCC(=O)O. The van der Waals surface area contributed by atoms with E-state index in [4.69, 9.17) is 10.8 Å². The zero-order valence-electron chi connectivity index (χ0n) is 10.2. The molecule has 0 fully saturated rings. The van der Waals surface area contributed by atoms with Crippen molar-refractivity contribution in [3.8, 4) is 0 Å². The first kappa shape index (κ1) is 14.9. The molecule has 0 rings (SSSR count). The van der Waals surface area contributed by atoms with Gasteiger partial charge >= 0.3 is 5.97 Å². The van der Waals surface area contributed by atoms with Gasteiger partial charge < -0.3 is 16.2 Å². The molecule has 0 aromatic heterocycles. The van der Waals surface area contributed by atoms with E-state index in [1.54, 1.807) is 13.8 Å². The molecule has 0 aliphatic rings. The van der Waals surface area contributed by atoms with Gasteiger partial charge in [0.05, 0.1) is 5.54 Å². The van der Waals surface area contributed by atoms with Crippen molar-refractivity contribution in [2.75, 3.05) is 0 Å². The third kappa shape index (κ3) is 5.70. The van der Waals surface area contributed by atoms with E-state index >= 15 is 0 Å². The first-order chi connectivity index (χ1) is 7.29. The normalized spacial score (nSPS) is 16.2. The molecule has 0 aromatic carbocycles. The number of nitrogens with two attached hydrogens (primary N) is 1. The Morgan fingerprint density at radius 2 is 2.06 bits per heavy atom. The van der Waals surface area contributed by atoms with Gasteiger partial charge in [-0.3, -0.25) is 9.59 Å². The first-order valence-corrected chi connectivity index (χ1v) is 5.61. The van der Waals surface area contributed by atoms with Gasteiger partial charge in [-0.1, -0.05) is 13.3 Å². The van der Waals surface area contributed by atoms with E-state index in [1.165, 1.54) is 0 Å². The first-order valence-electron chi connectivity index (χ1n) is 5.61. The fourth-order valence-corrected chi connectivity index (χ4v) is 1.43. The average molecular weight is 230 g/mol. The van der Waals surface area contributed by atoms with E-state index < -0.39 is 11.5 Å². The maximum absolute atomic E-state index is 11.7. The summed E-state index contributed by atoms with van der Waals surface area (Å²) in [5, 5.41) is 11.2.